The highest BCUT2D eigenvalue weighted by molar-refractivity contribution is 5.72. The van der Waals surface area contributed by atoms with Gasteiger partial charge in [-0.3, -0.25) is 14.9 Å². The van der Waals surface area contributed by atoms with Gasteiger partial charge in [-0.25, -0.2) is 0 Å². The average Bonchev–Trinajstić information content (AvgIpc) is 2.76. The molecule has 0 aromatic heterocycles. The SMILES string of the molecule is CCCCCCCCCCCCCCCCCCCC(=O)Oc1ccc([N+](=O)[O-])cc1. The van der Waals surface area contributed by atoms with Crippen LogP contribution >= 0.6 is 0 Å². The van der Waals surface area contributed by atoms with Gasteiger partial charge < -0.3 is 4.74 Å². The van der Waals surface area contributed by atoms with Crippen molar-refractivity contribution in [1.82, 2.24) is 0 Å². The molecule has 31 heavy (non-hydrogen) atoms. The number of rotatable bonds is 20. The van der Waals surface area contributed by atoms with Crippen LogP contribution in [-0.4, -0.2) is 10.9 Å². The van der Waals surface area contributed by atoms with E-state index in [4.69, 9.17) is 4.74 Å². The van der Waals surface area contributed by atoms with Gasteiger partial charge in [0.05, 0.1) is 4.92 Å². The largest absolute Gasteiger partial charge is 0.427 e. The first-order chi connectivity index (χ1) is 15.1. The second-order valence-electron chi connectivity index (χ2n) is 8.63. The van der Waals surface area contributed by atoms with E-state index in [-0.39, 0.29) is 11.7 Å². The first-order valence-corrected chi connectivity index (χ1v) is 12.6. The summed E-state index contributed by atoms with van der Waals surface area (Å²) >= 11 is 0. The Kier molecular flexibility index (Phi) is 16.5. The highest BCUT2D eigenvalue weighted by Gasteiger charge is 2.08. The van der Waals surface area contributed by atoms with Crippen LogP contribution in [0, 0.1) is 10.1 Å². The summed E-state index contributed by atoms with van der Waals surface area (Å²) in [5.74, 6) is 0.0948. The van der Waals surface area contributed by atoms with E-state index in [1.54, 1.807) is 0 Å². The molecule has 1 aromatic carbocycles. The summed E-state index contributed by atoms with van der Waals surface area (Å²) in [5.41, 5.74) is -0.00651. The lowest BCUT2D eigenvalue weighted by Gasteiger charge is -2.05. The van der Waals surface area contributed by atoms with E-state index in [9.17, 15) is 14.9 Å². The summed E-state index contributed by atoms with van der Waals surface area (Å²) in [6.45, 7) is 2.27. The predicted molar refractivity (Wildman–Crippen MR) is 128 cm³/mol. The fourth-order valence-electron chi connectivity index (χ4n) is 3.81. The van der Waals surface area contributed by atoms with Crippen molar-refractivity contribution >= 4 is 11.7 Å². The van der Waals surface area contributed by atoms with Crippen LogP contribution in [-0.2, 0) is 4.79 Å². The number of carbonyl (C=O) groups is 1. The third kappa shape index (κ3) is 15.5. The molecule has 5 heteroatoms. The van der Waals surface area contributed by atoms with E-state index in [0.717, 1.165) is 12.8 Å². The van der Waals surface area contributed by atoms with E-state index in [1.165, 1.54) is 121 Å². The summed E-state index contributed by atoms with van der Waals surface area (Å²) in [6, 6.07) is 5.62. The molecule has 0 amide bonds. The molecular weight excluding hydrogens is 390 g/mol. The molecule has 0 N–H and O–H groups in total. The Labute approximate surface area is 189 Å². The van der Waals surface area contributed by atoms with Crippen molar-refractivity contribution in [3.63, 3.8) is 0 Å². The zero-order chi connectivity index (χ0) is 22.6. The Hall–Kier alpha value is -1.91. The van der Waals surface area contributed by atoms with Crippen LogP contribution in [0.2, 0.25) is 0 Å². The molecule has 176 valence electrons. The summed E-state index contributed by atoms with van der Waals surface area (Å²) < 4.78 is 5.22. The van der Waals surface area contributed by atoms with Crippen molar-refractivity contribution in [1.29, 1.82) is 0 Å². The van der Waals surface area contributed by atoms with Crippen LogP contribution in [0.3, 0.4) is 0 Å². The van der Waals surface area contributed by atoms with Gasteiger partial charge in [0.25, 0.3) is 5.69 Å². The number of esters is 1. The maximum Gasteiger partial charge on any atom is 0.311 e. The standard InChI is InChI=1S/C26H43NO4/c1-2-3-4-5-6-7-8-9-10-11-12-13-14-15-16-17-18-19-26(28)31-25-22-20-24(21-23-25)27(29)30/h20-23H,2-19H2,1H3. The Morgan fingerprint density at radius 2 is 1.10 bits per heavy atom. The van der Waals surface area contributed by atoms with E-state index in [2.05, 4.69) is 6.92 Å². The molecule has 0 heterocycles. The van der Waals surface area contributed by atoms with E-state index >= 15 is 0 Å². The van der Waals surface area contributed by atoms with Crippen LogP contribution in [0.25, 0.3) is 0 Å². The third-order valence-electron chi connectivity index (χ3n) is 5.76. The number of non-ortho nitro benzene ring substituents is 1. The summed E-state index contributed by atoms with van der Waals surface area (Å²) in [5, 5.41) is 10.6. The first-order valence-electron chi connectivity index (χ1n) is 12.6. The molecule has 0 bridgehead atoms. The van der Waals surface area contributed by atoms with Crippen molar-refractivity contribution in [2.45, 2.75) is 122 Å². The van der Waals surface area contributed by atoms with Crippen LogP contribution in [0.1, 0.15) is 122 Å². The minimum atomic E-state index is -0.469. The number of hydrogen-bond donors (Lipinski definition) is 0. The van der Waals surface area contributed by atoms with Gasteiger partial charge in [0.1, 0.15) is 5.75 Å². The molecule has 0 aliphatic heterocycles. The Balaban J connectivity index is 1.84. The molecule has 0 fully saturated rings. The molecule has 0 aliphatic rings. The highest BCUT2D eigenvalue weighted by Crippen LogP contribution is 2.18. The molecule has 0 atom stereocenters. The van der Waals surface area contributed by atoms with E-state index < -0.39 is 4.92 Å². The maximum atomic E-state index is 11.8. The van der Waals surface area contributed by atoms with Crippen LogP contribution < -0.4 is 4.74 Å². The first kappa shape index (κ1) is 27.1. The molecule has 1 rings (SSSR count). The summed E-state index contributed by atoms with van der Waals surface area (Å²) in [7, 11) is 0. The topological polar surface area (TPSA) is 69.4 Å². The van der Waals surface area contributed by atoms with Crippen LogP contribution in [0.4, 0.5) is 5.69 Å². The Bertz CT molecular complexity index is 586. The molecule has 0 saturated carbocycles. The Morgan fingerprint density at radius 1 is 0.710 bits per heavy atom. The van der Waals surface area contributed by atoms with Crippen LogP contribution in [0.5, 0.6) is 5.75 Å². The zero-order valence-electron chi connectivity index (χ0n) is 19.6. The second-order valence-corrected chi connectivity index (χ2v) is 8.63. The third-order valence-corrected chi connectivity index (χ3v) is 5.76. The van der Waals surface area contributed by atoms with Crippen molar-refractivity contribution < 1.29 is 14.5 Å². The fourth-order valence-corrected chi connectivity index (χ4v) is 3.81. The van der Waals surface area contributed by atoms with Gasteiger partial charge in [-0.05, 0) is 18.6 Å². The summed E-state index contributed by atoms with van der Waals surface area (Å²) in [4.78, 5) is 22.0. The number of nitrogens with zero attached hydrogens (tertiary/aromatic N) is 1. The van der Waals surface area contributed by atoms with E-state index in [0.29, 0.717) is 12.2 Å². The quantitative estimate of drug-likeness (QED) is 0.0679. The van der Waals surface area contributed by atoms with Gasteiger partial charge in [0.2, 0.25) is 0 Å². The molecular formula is C26H43NO4. The molecule has 0 unspecified atom stereocenters. The number of carbonyl (C=O) groups excluding carboxylic acids is 1. The van der Waals surface area contributed by atoms with Gasteiger partial charge in [0, 0.05) is 18.6 Å². The molecule has 0 radical (unpaired) electrons. The van der Waals surface area contributed by atoms with Gasteiger partial charge in [-0.1, -0.05) is 110 Å². The zero-order valence-corrected chi connectivity index (χ0v) is 19.6. The normalized spacial score (nSPS) is 10.9. The second kappa shape index (κ2) is 18.8. The monoisotopic (exact) mass is 433 g/mol. The molecule has 0 saturated heterocycles. The number of benzene rings is 1. The number of nitro groups is 1. The van der Waals surface area contributed by atoms with Crippen molar-refractivity contribution in [2.24, 2.45) is 0 Å². The van der Waals surface area contributed by atoms with Crippen molar-refractivity contribution in [3.8, 4) is 5.75 Å². The average molecular weight is 434 g/mol. The van der Waals surface area contributed by atoms with Gasteiger partial charge >= 0.3 is 5.97 Å². The smallest absolute Gasteiger partial charge is 0.311 e. The van der Waals surface area contributed by atoms with E-state index in [1.807, 2.05) is 0 Å². The molecule has 1 aromatic rings. The van der Waals surface area contributed by atoms with Gasteiger partial charge in [-0.15, -0.1) is 0 Å². The summed E-state index contributed by atoms with van der Waals surface area (Å²) in [6.07, 6.45) is 22.7. The molecule has 0 spiro atoms. The minimum Gasteiger partial charge on any atom is -0.427 e. The fraction of sp³-hybridized carbons (Fsp3) is 0.731. The Morgan fingerprint density at radius 3 is 1.48 bits per heavy atom. The number of hydrogen-bond acceptors (Lipinski definition) is 4. The van der Waals surface area contributed by atoms with Gasteiger partial charge in [-0.2, -0.15) is 0 Å². The minimum absolute atomic E-state index is 0.00651. The number of nitro benzene ring substituents is 1. The van der Waals surface area contributed by atoms with Crippen molar-refractivity contribution in [3.05, 3.63) is 34.4 Å². The van der Waals surface area contributed by atoms with Crippen molar-refractivity contribution in [2.75, 3.05) is 0 Å². The molecule has 0 aliphatic carbocycles. The maximum absolute atomic E-state index is 11.8. The lowest BCUT2D eigenvalue weighted by Crippen LogP contribution is -2.07. The lowest BCUT2D eigenvalue weighted by molar-refractivity contribution is -0.384. The van der Waals surface area contributed by atoms with Gasteiger partial charge in [0.15, 0.2) is 0 Å². The lowest BCUT2D eigenvalue weighted by atomic mass is 10.0. The molecule has 5 nitrogen and oxygen atoms in total. The number of unbranched alkanes of at least 4 members (excludes halogenated alkanes) is 16. The highest BCUT2D eigenvalue weighted by atomic mass is 16.6. The predicted octanol–water partition coefficient (Wildman–Crippen LogP) is 8.54. The number of ether oxygens (including phenoxy) is 1. The van der Waals surface area contributed by atoms with Crippen LogP contribution in [0.15, 0.2) is 24.3 Å².